The number of furan rings is 1. The van der Waals surface area contributed by atoms with Crippen LogP contribution in [0, 0.1) is 0 Å². The van der Waals surface area contributed by atoms with Crippen molar-refractivity contribution in [3.63, 3.8) is 0 Å². The molecule has 0 saturated carbocycles. The third-order valence-corrected chi connectivity index (χ3v) is 5.53. The van der Waals surface area contributed by atoms with Gasteiger partial charge in [0, 0.05) is 18.5 Å². The summed E-state index contributed by atoms with van der Waals surface area (Å²) in [7, 11) is 0. The van der Waals surface area contributed by atoms with Gasteiger partial charge in [0.15, 0.2) is 6.61 Å². The number of ether oxygens (including phenoxy) is 1. The number of para-hydroxylation sites is 1. The Hall–Kier alpha value is -3.67. The predicted molar refractivity (Wildman–Crippen MR) is 124 cm³/mol. The number of pyridine rings is 1. The van der Waals surface area contributed by atoms with Gasteiger partial charge in [-0.2, -0.15) is 0 Å². The standard InChI is InChI=1S/C26H26N2O4/c1-4-28(15-17(2)3)23(29)16-32-26(30)24-20-9-5-6-10-22(20)27-25-18(11-12-21(24)25)14-19-8-7-13-31-19/h5-10,13-14H,2,4,11-12,15-16H2,1,3H3/b18-14+. The molecule has 0 N–H and O–H groups in total. The van der Waals surface area contributed by atoms with Crippen LogP contribution in [0.2, 0.25) is 0 Å². The molecule has 2 aromatic heterocycles. The van der Waals surface area contributed by atoms with E-state index in [9.17, 15) is 9.59 Å². The number of hydrogen-bond acceptors (Lipinski definition) is 5. The number of carbonyl (C=O) groups excluding carboxylic acids is 2. The summed E-state index contributed by atoms with van der Waals surface area (Å²) in [6.45, 7) is 8.27. The molecule has 1 amide bonds. The van der Waals surface area contributed by atoms with Crippen molar-refractivity contribution in [2.45, 2.75) is 26.7 Å². The van der Waals surface area contributed by atoms with Gasteiger partial charge in [-0.15, -0.1) is 0 Å². The average molecular weight is 431 g/mol. The number of aromatic nitrogens is 1. The quantitative estimate of drug-likeness (QED) is 0.394. The first-order chi connectivity index (χ1) is 15.5. The van der Waals surface area contributed by atoms with Gasteiger partial charge in [0.2, 0.25) is 0 Å². The lowest BCUT2D eigenvalue weighted by Gasteiger charge is -2.21. The van der Waals surface area contributed by atoms with Crippen molar-refractivity contribution in [2.75, 3.05) is 19.7 Å². The molecule has 4 rings (SSSR count). The van der Waals surface area contributed by atoms with E-state index in [1.54, 1.807) is 11.2 Å². The summed E-state index contributed by atoms with van der Waals surface area (Å²) in [6, 6.07) is 11.2. The fourth-order valence-electron chi connectivity index (χ4n) is 4.05. The lowest BCUT2D eigenvalue weighted by Crippen LogP contribution is -2.35. The second-order valence-electron chi connectivity index (χ2n) is 7.96. The number of allylic oxidation sites excluding steroid dienone is 1. The zero-order chi connectivity index (χ0) is 22.7. The minimum atomic E-state index is -0.501. The van der Waals surface area contributed by atoms with Gasteiger partial charge in [0.05, 0.1) is 23.0 Å². The summed E-state index contributed by atoms with van der Waals surface area (Å²) in [5.41, 5.74) is 4.74. The summed E-state index contributed by atoms with van der Waals surface area (Å²) in [6.07, 6.45) is 5.02. The molecule has 3 aromatic rings. The normalized spacial score (nSPS) is 13.9. The van der Waals surface area contributed by atoms with E-state index in [1.165, 1.54) is 0 Å². The summed E-state index contributed by atoms with van der Waals surface area (Å²) >= 11 is 0. The van der Waals surface area contributed by atoms with Crippen molar-refractivity contribution in [1.82, 2.24) is 9.88 Å². The molecule has 0 unspecified atom stereocenters. The Labute approximate surface area is 187 Å². The Morgan fingerprint density at radius 1 is 1.22 bits per heavy atom. The first-order valence-electron chi connectivity index (χ1n) is 10.7. The average Bonchev–Trinajstić information content (AvgIpc) is 3.44. The van der Waals surface area contributed by atoms with Gasteiger partial charge in [0.1, 0.15) is 5.76 Å². The Balaban J connectivity index is 1.66. The van der Waals surface area contributed by atoms with Gasteiger partial charge in [-0.05, 0) is 62.1 Å². The fraction of sp³-hybridized carbons (Fsp3) is 0.269. The molecule has 0 saturated heterocycles. The number of amides is 1. The number of nitrogens with zero attached hydrogens (tertiary/aromatic N) is 2. The van der Waals surface area contributed by atoms with Crippen molar-refractivity contribution in [1.29, 1.82) is 0 Å². The van der Waals surface area contributed by atoms with Crippen LogP contribution in [0.5, 0.6) is 0 Å². The van der Waals surface area contributed by atoms with Crippen LogP contribution in [-0.4, -0.2) is 41.5 Å². The molecule has 0 aliphatic heterocycles. The maximum Gasteiger partial charge on any atom is 0.339 e. The van der Waals surface area contributed by atoms with E-state index in [-0.39, 0.29) is 12.5 Å². The van der Waals surface area contributed by atoms with E-state index in [0.717, 1.165) is 40.0 Å². The largest absolute Gasteiger partial charge is 0.465 e. The summed E-state index contributed by atoms with van der Waals surface area (Å²) in [5.74, 6) is 0.00536. The lowest BCUT2D eigenvalue weighted by atomic mass is 10.0. The van der Waals surface area contributed by atoms with Gasteiger partial charge in [-0.3, -0.25) is 4.79 Å². The summed E-state index contributed by atoms with van der Waals surface area (Å²) in [5, 5.41) is 0.734. The van der Waals surface area contributed by atoms with Crippen molar-refractivity contribution in [3.05, 3.63) is 77.4 Å². The molecule has 164 valence electrons. The van der Waals surface area contributed by atoms with Gasteiger partial charge in [-0.25, -0.2) is 9.78 Å². The minimum Gasteiger partial charge on any atom is -0.465 e. The predicted octanol–water partition coefficient (Wildman–Crippen LogP) is 4.90. The third-order valence-electron chi connectivity index (χ3n) is 5.53. The van der Waals surface area contributed by atoms with Crippen LogP contribution in [0.15, 0.2) is 59.2 Å². The highest BCUT2D eigenvalue weighted by molar-refractivity contribution is 6.07. The van der Waals surface area contributed by atoms with Gasteiger partial charge in [-0.1, -0.05) is 30.4 Å². The number of hydrogen-bond donors (Lipinski definition) is 0. The Kier molecular flexibility index (Phi) is 6.21. The van der Waals surface area contributed by atoms with E-state index >= 15 is 0 Å². The van der Waals surface area contributed by atoms with E-state index in [2.05, 4.69) is 6.58 Å². The molecule has 0 spiro atoms. The molecule has 1 aliphatic rings. The molecule has 6 nitrogen and oxygen atoms in total. The van der Waals surface area contributed by atoms with Crippen LogP contribution in [0.1, 0.15) is 47.6 Å². The van der Waals surface area contributed by atoms with Gasteiger partial charge >= 0.3 is 5.97 Å². The van der Waals surface area contributed by atoms with Crippen LogP contribution in [0.25, 0.3) is 22.6 Å². The number of fused-ring (bicyclic) bond motifs is 2. The Bertz CT molecular complexity index is 1210. The second-order valence-corrected chi connectivity index (χ2v) is 7.96. The molecule has 0 atom stereocenters. The smallest absolute Gasteiger partial charge is 0.339 e. The highest BCUT2D eigenvalue weighted by Crippen LogP contribution is 2.37. The maximum absolute atomic E-state index is 13.2. The second kappa shape index (κ2) is 9.22. The fourth-order valence-corrected chi connectivity index (χ4v) is 4.05. The SMILES string of the molecule is C=C(C)CN(CC)C(=O)COC(=O)c1c2c(nc3ccccc13)/C(=C/c1ccco1)CC2. The molecule has 0 fully saturated rings. The first-order valence-corrected chi connectivity index (χ1v) is 10.7. The van der Waals surface area contributed by atoms with E-state index in [0.29, 0.717) is 30.6 Å². The van der Waals surface area contributed by atoms with E-state index < -0.39 is 5.97 Å². The van der Waals surface area contributed by atoms with Crippen LogP contribution in [-0.2, 0) is 16.0 Å². The van der Waals surface area contributed by atoms with Gasteiger partial charge in [0.25, 0.3) is 5.91 Å². The van der Waals surface area contributed by atoms with Crippen molar-refractivity contribution in [3.8, 4) is 0 Å². The number of benzene rings is 1. The van der Waals surface area contributed by atoms with Crippen molar-refractivity contribution < 1.29 is 18.7 Å². The van der Waals surface area contributed by atoms with Crippen molar-refractivity contribution >= 4 is 34.4 Å². The Morgan fingerprint density at radius 2 is 2.03 bits per heavy atom. The van der Waals surface area contributed by atoms with Crippen LogP contribution >= 0.6 is 0 Å². The Morgan fingerprint density at radius 3 is 2.75 bits per heavy atom. The molecular weight excluding hydrogens is 404 g/mol. The summed E-state index contributed by atoms with van der Waals surface area (Å²) in [4.78, 5) is 32.2. The molecule has 0 bridgehead atoms. The molecular formula is C26H26N2O4. The van der Waals surface area contributed by atoms with Crippen LogP contribution in [0.3, 0.4) is 0 Å². The van der Waals surface area contributed by atoms with Crippen molar-refractivity contribution in [2.24, 2.45) is 0 Å². The number of esters is 1. The molecule has 6 heteroatoms. The van der Waals surface area contributed by atoms with Crippen LogP contribution < -0.4 is 0 Å². The number of carbonyl (C=O) groups is 2. The number of rotatable bonds is 7. The highest BCUT2D eigenvalue weighted by atomic mass is 16.5. The highest BCUT2D eigenvalue weighted by Gasteiger charge is 2.28. The maximum atomic E-state index is 13.2. The minimum absolute atomic E-state index is 0.239. The monoisotopic (exact) mass is 430 g/mol. The lowest BCUT2D eigenvalue weighted by molar-refractivity contribution is -0.133. The zero-order valence-electron chi connectivity index (χ0n) is 18.4. The molecule has 32 heavy (non-hydrogen) atoms. The zero-order valence-corrected chi connectivity index (χ0v) is 18.4. The molecule has 1 aromatic carbocycles. The third kappa shape index (κ3) is 4.35. The van der Waals surface area contributed by atoms with E-state index in [1.807, 2.05) is 56.3 Å². The first kappa shape index (κ1) is 21.6. The topological polar surface area (TPSA) is 72.6 Å². The molecule has 2 heterocycles. The molecule has 0 radical (unpaired) electrons. The number of likely N-dealkylation sites (N-methyl/N-ethyl adjacent to an activating group) is 1. The molecule has 1 aliphatic carbocycles. The van der Waals surface area contributed by atoms with Crippen LogP contribution in [0.4, 0.5) is 0 Å². The summed E-state index contributed by atoms with van der Waals surface area (Å²) < 4.78 is 11.0. The van der Waals surface area contributed by atoms with E-state index in [4.69, 9.17) is 14.1 Å². The van der Waals surface area contributed by atoms with Gasteiger partial charge < -0.3 is 14.1 Å².